The highest BCUT2D eigenvalue weighted by Crippen LogP contribution is 2.26. The summed E-state index contributed by atoms with van der Waals surface area (Å²) in [6.45, 7) is 2.79. The highest BCUT2D eigenvalue weighted by atomic mass is 16.6. The van der Waals surface area contributed by atoms with Crippen LogP contribution in [-0.4, -0.2) is 49.2 Å². The van der Waals surface area contributed by atoms with Gasteiger partial charge in [0.2, 0.25) is 0 Å². The van der Waals surface area contributed by atoms with Gasteiger partial charge in [0.1, 0.15) is 18.0 Å². The van der Waals surface area contributed by atoms with Crippen LogP contribution in [0.4, 0.5) is 5.69 Å². The maximum absolute atomic E-state index is 11.0. The van der Waals surface area contributed by atoms with Gasteiger partial charge in [-0.15, -0.1) is 0 Å². The van der Waals surface area contributed by atoms with Crippen LogP contribution in [0.2, 0.25) is 0 Å². The number of nitro groups is 1. The van der Waals surface area contributed by atoms with Crippen molar-refractivity contribution in [3.63, 3.8) is 0 Å². The molecule has 30 heavy (non-hydrogen) atoms. The number of morpholine rings is 1. The second-order valence-corrected chi connectivity index (χ2v) is 7.54. The first-order chi connectivity index (χ1) is 14.6. The molecule has 2 aromatic carbocycles. The van der Waals surface area contributed by atoms with Crippen molar-refractivity contribution in [2.75, 3.05) is 38.3 Å². The molecule has 1 unspecified atom stereocenters. The van der Waals surface area contributed by atoms with E-state index >= 15 is 0 Å². The van der Waals surface area contributed by atoms with E-state index in [0.29, 0.717) is 6.04 Å². The lowest BCUT2D eigenvalue weighted by Crippen LogP contribution is -2.43. The lowest BCUT2D eigenvalue weighted by atomic mass is 10.0. The Morgan fingerprint density at radius 1 is 1.13 bits per heavy atom. The summed E-state index contributed by atoms with van der Waals surface area (Å²) in [6, 6.07) is 16.1. The third-order valence-corrected chi connectivity index (χ3v) is 5.44. The molecule has 0 spiro atoms. The zero-order valence-electron chi connectivity index (χ0n) is 16.9. The largest absolute Gasteiger partial charge is 0.457 e. The molecule has 0 N–H and O–H groups in total. The molecule has 7 heteroatoms. The molecule has 0 bridgehead atoms. The molecule has 0 amide bonds. The number of rotatable bonds is 6. The zero-order chi connectivity index (χ0) is 20.9. The first-order valence-electron chi connectivity index (χ1n) is 10.0. The van der Waals surface area contributed by atoms with Crippen LogP contribution >= 0.6 is 0 Å². The Hall–Kier alpha value is -3.16. The molecule has 0 aliphatic carbocycles. The highest BCUT2D eigenvalue weighted by molar-refractivity contribution is 5.54. The number of hydrogen-bond donors (Lipinski definition) is 0. The molecule has 2 heterocycles. The minimum absolute atomic E-state index is 0.170. The van der Waals surface area contributed by atoms with Gasteiger partial charge in [-0.1, -0.05) is 12.1 Å². The van der Waals surface area contributed by atoms with Crippen LogP contribution in [0.15, 0.2) is 72.6 Å². The number of allylic oxidation sites excluding steroid dienone is 2. The topological polar surface area (TPSA) is 68.1 Å². The average molecular weight is 407 g/mol. The Morgan fingerprint density at radius 3 is 2.50 bits per heavy atom. The number of hydrogen-bond acceptors (Lipinski definition) is 6. The monoisotopic (exact) mass is 407 g/mol. The minimum Gasteiger partial charge on any atom is -0.457 e. The molecule has 156 valence electrons. The molecule has 2 aliphatic rings. The smallest absolute Gasteiger partial charge is 0.265 e. The molecule has 1 saturated heterocycles. The van der Waals surface area contributed by atoms with Crippen LogP contribution in [0.5, 0.6) is 11.5 Å². The van der Waals surface area contributed by atoms with E-state index in [-0.39, 0.29) is 17.2 Å². The van der Waals surface area contributed by atoms with Crippen LogP contribution in [-0.2, 0) is 11.2 Å². The summed E-state index contributed by atoms with van der Waals surface area (Å²) < 4.78 is 11.5. The number of likely N-dealkylation sites (N-methyl/N-ethyl adjacent to an activating group) is 1. The molecule has 4 rings (SSSR count). The quantitative estimate of drug-likeness (QED) is 0.535. The van der Waals surface area contributed by atoms with E-state index in [1.54, 1.807) is 6.08 Å². The van der Waals surface area contributed by atoms with Crippen LogP contribution in [0.25, 0.3) is 0 Å². The molecular formula is C23H25N3O4. The maximum atomic E-state index is 11.0. The number of anilines is 1. The summed E-state index contributed by atoms with van der Waals surface area (Å²) in [4.78, 5) is 14.8. The standard InChI is InChI=1S/C23H25N3O4/c1-24-13-14-29-17-21(24)15-18-4-8-22(9-5-18)30-23-10-6-19(7-11-23)25-12-2-3-20(16-25)26(27)28/h2-12,21H,13-17H2,1H3. The predicted molar refractivity (Wildman–Crippen MR) is 115 cm³/mol. The summed E-state index contributed by atoms with van der Waals surface area (Å²) in [7, 11) is 2.14. The van der Waals surface area contributed by atoms with E-state index in [1.165, 1.54) is 11.6 Å². The summed E-state index contributed by atoms with van der Waals surface area (Å²) >= 11 is 0. The van der Waals surface area contributed by atoms with E-state index in [4.69, 9.17) is 9.47 Å². The van der Waals surface area contributed by atoms with Crippen molar-refractivity contribution in [3.8, 4) is 11.5 Å². The molecule has 1 atom stereocenters. The number of benzene rings is 2. The fraction of sp³-hybridized carbons (Fsp3) is 0.304. The highest BCUT2D eigenvalue weighted by Gasteiger charge is 2.20. The van der Waals surface area contributed by atoms with Crippen molar-refractivity contribution in [3.05, 3.63) is 88.3 Å². The molecule has 2 aliphatic heterocycles. The average Bonchev–Trinajstić information content (AvgIpc) is 2.77. The molecule has 0 saturated carbocycles. The Kier molecular flexibility index (Phi) is 6.11. The van der Waals surface area contributed by atoms with Crippen LogP contribution in [0.1, 0.15) is 5.56 Å². The van der Waals surface area contributed by atoms with Crippen LogP contribution in [0.3, 0.4) is 0 Å². The fourth-order valence-corrected chi connectivity index (χ4v) is 3.59. The van der Waals surface area contributed by atoms with Crippen molar-refractivity contribution in [1.82, 2.24) is 4.90 Å². The summed E-state index contributed by atoms with van der Waals surface area (Å²) in [5, 5.41) is 11.0. The number of ether oxygens (including phenoxy) is 2. The van der Waals surface area contributed by atoms with Gasteiger partial charge in [-0.3, -0.25) is 15.0 Å². The summed E-state index contributed by atoms with van der Waals surface area (Å²) in [5.41, 5.74) is 2.30. The lowest BCUT2D eigenvalue weighted by Gasteiger charge is -2.32. The van der Waals surface area contributed by atoms with E-state index in [0.717, 1.165) is 43.4 Å². The Bertz CT molecular complexity index is 938. The van der Waals surface area contributed by atoms with Crippen LogP contribution < -0.4 is 9.64 Å². The molecule has 0 radical (unpaired) electrons. The lowest BCUT2D eigenvalue weighted by molar-refractivity contribution is -0.425. The van der Waals surface area contributed by atoms with E-state index < -0.39 is 0 Å². The van der Waals surface area contributed by atoms with Gasteiger partial charge in [-0.25, -0.2) is 0 Å². The normalized spacial score (nSPS) is 19.4. The summed E-state index contributed by atoms with van der Waals surface area (Å²) in [5.74, 6) is 1.49. The van der Waals surface area contributed by atoms with Crippen molar-refractivity contribution in [1.29, 1.82) is 0 Å². The second-order valence-electron chi connectivity index (χ2n) is 7.54. The fourth-order valence-electron chi connectivity index (χ4n) is 3.59. The first-order valence-corrected chi connectivity index (χ1v) is 10.0. The van der Waals surface area contributed by atoms with Gasteiger partial charge in [0.25, 0.3) is 5.70 Å². The minimum atomic E-state index is -0.350. The third kappa shape index (κ3) is 4.87. The second kappa shape index (κ2) is 9.11. The Balaban J connectivity index is 1.35. The van der Waals surface area contributed by atoms with Gasteiger partial charge in [-0.2, -0.15) is 0 Å². The van der Waals surface area contributed by atoms with Crippen molar-refractivity contribution in [2.24, 2.45) is 0 Å². The van der Waals surface area contributed by atoms with Gasteiger partial charge in [0.05, 0.1) is 18.1 Å². The Morgan fingerprint density at radius 2 is 1.83 bits per heavy atom. The molecular weight excluding hydrogens is 382 g/mol. The van der Waals surface area contributed by atoms with Crippen molar-refractivity contribution >= 4 is 5.69 Å². The SMILES string of the molecule is CN1CCOCC1Cc1ccc(Oc2ccc(N3C=CC=C([N+](=O)[O-])C3)cc2)cc1. The molecule has 1 fully saturated rings. The van der Waals surface area contributed by atoms with E-state index in [1.807, 2.05) is 47.5 Å². The van der Waals surface area contributed by atoms with Crippen LogP contribution in [0, 0.1) is 10.1 Å². The number of nitrogens with zero attached hydrogens (tertiary/aromatic N) is 3. The predicted octanol–water partition coefficient (Wildman–Crippen LogP) is 3.85. The molecule has 0 aromatic heterocycles. The van der Waals surface area contributed by atoms with Gasteiger partial charge in [-0.05, 0) is 61.5 Å². The first kappa shape index (κ1) is 20.1. The maximum Gasteiger partial charge on any atom is 0.265 e. The summed E-state index contributed by atoms with van der Waals surface area (Å²) in [6.07, 6.45) is 5.99. The van der Waals surface area contributed by atoms with E-state index in [9.17, 15) is 10.1 Å². The van der Waals surface area contributed by atoms with Gasteiger partial charge in [0, 0.05) is 30.5 Å². The van der Waals surface area contributed by atoms with E-state index in [2.05, 4.69) is 24.1 Å². The Labute approximate surface area is 176 Å². The van der Waals surface area contributed by atoms with Crippen molar-refractivity contribution < 1.29 is 14.4 Å². The van der Waals surface area contributed by atoms with Gasteiger partial charge in [0.15, 0.2) is 0 Å². The molecule has 7 nitrogen and oxygen atoms in total. The van der Waals surface area contributed by atoms with Crippen molar-refractivity contribution in [2.45, 2.75) is 12.5 Å². The third-order valence-electron chi connectivity index (χ3n) is 5.44. The molecule has 2 aromatic rings. The van der Waals surface area contributed by atoms with Gasteiger partial charge < -0.3 is 14.4 Å². The zero-order valence-corrected chi connectivity index (χ0v) is 16.9. The van der Waals surface area contributed by atoms with Gasteiger partial charge >= 0.3 is 0 Å².